The summed E-state index contributed by atoms with van der Waals surface area (Å²) in [4.78, 5) is 13.7. The molecule has 0 saturated heterocycles. The fraction of sp³-hybridized carbons (Fsp3) is 0.500. The Morgan fingerprint density at radius 3 is 2.71 bits per heavy atom. The minimum Gasteiger partial charge on any atom is -0.478 e. The van der Waals surface area contributed by atoms with Gasteiger partial charge in [-0.05, 0) is 19.9 Å². The monoisotopic (exact) mass is 289 g/mol. The van der Waals surface area contributed by atoms with Crippen molar-refractivity contribution in [3.63, 3.8) is 0 Å². The number of hydrogen-bond donors (Lipinski definition) is 1. The van der Waals surface area contributed by atoms with Gasteiger partial charge >= 0.3 is 0 Å². The highest BCUT2D eigenvalue weighted by Crippen LogP contribution is 2.17. The summed E-state index contributed by atoms with van der Waals surface area (Å²) in [5.74, 6) is 0.878. The van der Waals surface area contributed by atoms with Gasteiger partial charge in [0.15, 0.2) is 6.61 Å². The number of ether oxygens (including phenoxy) is 1. The van der Waals surface area contributed by atoms with E-state index < -0.39 is 0 Å². The van der Waals surface area contributed by atoms with E-state index in [0.717, 1.165) is 18.7 Å². The molecule has 0 radical (unpaired) electrons. The lowest BCUT2D eigenvalue weighted by Gasteiger charge is -2.18. The van der Waals surface area contributed by atoms with Gasteiger partial charge in [0.05, 0.1) is 0 Å². The molecule has 5 heteroatoms. The second kappa shape index (κ2) is 9.78. The van der Waals surface area contributed by atoms with Gasteiger partial charge in [-0.3, -0.25) is 4.79 Å². The third-order valence-electron chi connectivity index (χ3n) is 3.21. The quantitative estimate of drug-likeness (QED) is 0.706. The summed E-state index contributed by atoms with van der Waals surface area (Å²) in [6.07, 6.45) is 0.489. The lowest BCUT2D eigenvalue weighted by atomic mass is 10.2. The van der Waals surface area contributed by atoms with E-state index in [-0.39, 0.29) is 12.5 Å². The highest BCUT2D eigenvalue weighted by atomic mass is 16.5. The molecule has 5 nitrogen and oxygen atoms in total. The zero-order valence-electron chi connectivity index (χ0n) is 12.8. The van der Waals surface area contributed by atoms with Gasteiger partial charge in [-0.15, -0.1) is 0 Å². The molecule has 0 bridgehead atoms. The maximum absolute atomic E-state index is 11.9. The van der Waals surface area contributed by atoms with E-state index in [4.69, 9.17) is 10.00 Å². The number of nitriles is 1. The third kappa shape index (κ3) is 5.84. The van der Waals surface area contributed by atoms with Gasteiger partial charge in [-0.25, -0.2) is 0 Å². The van der Waals surface area contributed by atoms with Crippen molar-refractivity contribution < 1.29 is 9.53 Å². The van der Waals surface area contributed by atoms with Crippen LogP contribution >= 0.6 is 0 Å². The molecule has 1 N–H and O–H groups in total. The fourth-order valence-corrected chi connectivity index (χ4v) is 2.05. The van der Waals surface area contributed by atoms with Gasteiger partial charge in [-0.2, -0.15) is 5.26 Å². The molecule has 1 aromatic carbocycles. The topological polar surface area (TPSA) is 65.4 Å². The Bertz CT molecular complexity index is 479. The van der Waals surface area contributed by atoms with Crippen LogP contribution in [-0.2, 0) is 11.3 Å². The largest absolute Gasteiger partial charge is 0.478 e. The summed E-state index contributed by atoms with van der Waals surface area (Å²) in [5.41, 5.74) is 0.989. The maximum atomic E-state index is 11.9. The Morgan fingerprint density at radius 2 is 2.05 bits per heavy atom. The van der Waals surface area contributed by atoms with Crippen molar-refractivity contribution in [2.45, 2.75) is 26.8 Å². The summed E-state index contributed by atoms with van der Waals surface area (Å²) < 4.78 is 5.36. The molecule has 0 fully saturated rings. The van der Waals surface area contributed by atoms with Crippen LogP contribution in [0.3, 0.4) is 0 Å². The number of rotatable bonds is 9. The summed E-state index contributed by atoms with van der Waals surface area (Å²) in [7, 11) is 0. The molecule has 1 rings (SSSR count). The molecule has 0 unspecified atom stereocenters. The Morgan fingerprint density at radius 1 is 1.33 bits per heavy atom. The number of amides is 1. The Hall–Kier alpha value is -2.06. The maximum Gasteiger partial charge on any atom is 0.223 e. The van der Waals surface area contributed by atoms with Gasteiger partial charge in [0.2, 0.25) is 5.91 Å². The molecule has 0 aliphatic carbocycles. The van der Waals surface area contributed by atoms with E-state index in [0.29, 0.717) is 25.3 Å². The van der Waals surface area contributed by atoms with Crippen molar-refractivity contribution in [2.24, 2.45) is 0 Å². The molecule has 0 saturated carbocycles. The summed E-state index contributed by atoms with van der Waals surface area (Å²) in [6, 6.07) is 9.55. The third-order valence-corrected chi connectivity index (χ3v) is 3.21. The van der Waals surface area contributed by atoms with E-state index in [1.165, 1.54) is 0 Å². The molecule has 0 atom stereocenters. The number of benzene rings is 1. The van der Waals surface area contributed by atoms with Crippen LogP contribution in [0.4, 0.5) is 0 Å². The SMILES string of the molecule is CCN(CC)C(=O)CCNCc1ccccc1OCC#N. The predicted octanol–water partition coefficient (Wildman–Crippen LogP) is 1.94. The van der Waals surface area contributed by atoms with Gasteiger partial charge in [0, 0.05) is 38.2 Å². The zero-order valence-corrected chi connectivity index (χ0v) is 12.8. The van der Waals surface area contributed by atoms with Crippen LogP contribution in [0.25, 0.3) is 0 Å². The van der Waals surface area contributed by atoms with Crippen molar-refractivity contribution in [1.29, 1.82) is 5.26 Å². The molecule has 0 heterocycles. The number of nitrogens with zero attached hydrogens (tertiary/aromatic N) is 2. The Labute approximate surface area is 126 Å². The molecule has 21 heavy (non-hydrogen) atoms. The Kier molecular flexibility index (Phi) is 7.92. The van der Waals surface area contributed by atoms with Gasteiger partial charge < -0.3 is 15.0 Å². The minimum atomic E-state index is 0.0391. The van der Waals surface area contributed by atoms with Crippen LogP contribution in [-0.4, -0.2) is 37.0 Å². The highest BCUT2D eigenvalue weighted by Gasteiger charge is 2.08. The minimum absolute atomic E-state index is 0.0391. The normalized spacial score (nSPS) is 9.95. The molecular formula is C16H23N3O2. The van der Waals surface area contributed by atoms with E-state index in [1.54, 1.807) is 0 Å². The van der Waals surface area contributed by atoms with Crippen molar-refractivity contribution in [3.05, 3.63) is 29.8 Å². The van der Waals surface area contributed by atoms with E-state index in [9.17, 15) is 4.79 Å². The lowest BCUT2D eigenvalue weighted by molar-refractivity contribution is -0.130. The average Bonchev–Trinajstić information content (AvgIpc) is 2.51. The molecule has 0 aliphatic heterocycles. The molecular weight excluding hydrogens is 266 g/mol. The van der Waals surface area contributed by atoms with Crippen molar-refractivity contribution in [3.8, 4) is 11.8 Å². The first-order valence-corrected chi connectivity index (χ1v) is 7.29. The number of hydrogen-bond acceptors (Lipinski definition) is 4. The second-order valence-electron chi connectivity index (χ2n) is 4.55. The van der Waals surface area contributed by atoms with Gasteiger partial charge in [0.25, 0.3) is 0 Å². The van der Waals surface area contributed by atoms with Crippen LogP contribution < -0.4 is 10.1 Å². The van der Waals surface area contributed by atoms with Crippen LogP contribution in [0, 0.1) is 11.3 Å². The van der Waals surface area contributed by atoms with Crippen LogP contribution in [0.15, 0.2) is 24.3 Å². The van der Waals surface area contributed by atoms with Gasteiger partial charge in [-0.1, -0.05) is 18.2 Å². The molecule has 1 aromatic rings. The van der Waals surface area contributed by atoms with Gasteiger partial charge in [0.1, 0.15) is 11.8 Å². The van der Waals surface area contributed by atoms with E-state index >= 15 is 0 Å². The smallest absolute Gasteiger partial charge is 0.223 e. The van der Waals surface area contributed by atoms with E-state index in [2.05, 4.69) is 5.32 Å². The first kappa shape index (κ1) is 17.0. The molecule has 114 valence electrons. The first-order valence-electron chi connectivity index (χ1n) is 7.29. The number of carbonyl (C=O) groups is 1. The lowest BCUT2D eigenvalue weighted by Crippen LogP contribution is -2.32. The summed E-state index contributed by atoms with van der Waals surface area (Å²) in [6.45, 7) is 6.75. The van der Waals surface area contributed by atoms with Crippen LogP contribution in [0.5, 0.6) is 5.75 Å². The van der Waals surface area contributed by atoms with Crippen molar-refractivity contribution in [1.82, 2.24) is 10.2 Å². The number of nitrogens with one attached hydrogen (secondary N) is 1. The van der Waals surface area contributed by atoms with E-state index in [1.807, 2.05) is 49.1 Å². The standard InChI is InChI=1S/C16H23N3O2/c1-3-19(4-2)16(20)9-11-18-13-14-7-5-6-8-15(14)21-12-10-17/h5-8,18H,3-4,9,11-13H2,1-2H3. The first-order chi connectivity index (χ1) is 10.2. The predicted molar refractivity (Wildman–Crippen MR) is 81.8 cm³/mol. The van der Waals surface area contributed by atoms with Crippen molar-refractivity contribution in [2.75, 3.05) is 26.2 Å². The van der Waals surface area contributed by atoms with Crippen molar-refractivity contribution >= 4 is 5.91 Å². The zero-order chi connectivity index (χ0) is 15.5. The summed E-state index contributed by atoms with van der Waals surface area (Å²) in [5, 5.41) is 11.8. The number of carbonyl (C=O) groups excluding carboxylic acids is 1. The Balaban J connectivity index is 2.39. The second-order valence-corrected chi connectivity index (χ2v) is 4.55. The fourth-order valence-electron chi connectivity index (χ4n) is 2.05. The summed E-state index contributed by atoms with van der Waals surface area (Å²) >= 11 is 0. The molecule has 0 aromatic heterocycles. The molecule has 0 spiro atoms. The highest BCUT2D eigenvalue weighted by molar-refractivity contribution is 5.76. The molecule has 0 aliphatic rings. The molecule has 1 amide bonds. The average molecular weight is 289 g/mol. The van der Waals surface area contributed by atoms with Crippen LogP contribution in [0.2, 0.25) is 0 Å². The number of para-hydroxylation sites is 1. The van der Waals surface area contributed by atoms with Crippen LogP contribution in [0.1, 0.15) is 25.8 Å².